The second kappa shape index (κ2) is 8.48. The predicted molar refractivity (Wildman–Crippen MR) is 119 cm³/mol. The largest absolute Gasteiger partial charge is 0.349 e. The van der Waals surface area contributed by atoms with Crippen molar-refractivity contribution in [1.82, 2.24) is 14.9 Å². The third kappa shape index (κ3) is 3.88. The molecule has 1 N–H and O–H groups in total. The lowest BCUT2D eigenvalue weighted by Crippen LogP contribution is -2.30. The first-order valence-electron chi connectivity index (χ1n) is 10.4. The Balaban J connectivity index is 1.69. The molecule has 1 heterocycles. The number of rotatable bonds is 7. The highest BCUT2D eigenvalue weighted by atomic mass is 16.1. The van der Waals surface area contributed by atoms with Crippen LogP contribution in [0.3, 0.4) is 0 Å². The quantitative estimate of drug-likeness (QED) is 0.470. The molecule has 4 nitrogen and oxygen atoms in total. The van der Waals surface area contributed by atoms with Crippen LogP contribution < -0.4 is 5.32 Å². The van der Waals surface area contributed by atoms with E-state index in [2.05, 4.69) is 72.3 Å². The molecule has 0 aliphatic carbocycles. The Morgan fingerprint density at radius 3 is 2.52 bits per heavy atom. The van der Waals surface area contributed by atoms with E-state index in [1.54, 1.807) is 0 Å². The maximum absolute atomic E-state index is 12.5. The highest BCUT2D eigenvalue weighted by Gasteiger charge is 2.16. The summed E-state index contributed by atoms with van der Waals surface area (Å²) in [7, 11) is 0. The number of carbonyl (C=O) groups is 1. The molecule has 0 saturated carbocycles. The van der Waals surface area contributed by atoms with E-state index in [4.69, 9.17) is 4.98 Å². The third-order valence-corrected chi connectivity index (χ3v) is 5.72. The molecule has 0 fully saturated rings. The van der Waals surface area contributed by atoms with Crippen LogP contribution in [-0.2, 0) is 17.9 Å². The minimum atomic E-state index is 0.0610. The van der Waals surface area contributed by atoms with Crippen LogP contribution in [0.5, 0.6) is 0 Å². The number of nitrogens with one attached hydrogen (secondary N) is 1. The van der Waals surface area contributed by atoms with Gasteiger partial charge in [0.05, 0.1) is 24.1 Å². The molecule has 4 rings (SSSR count). The first-order chi connectivity index (χ1) is 14.2. The fraction of sp³-hybridized carbons (Fsp3) is 0.280. The maximum Gasteiger partial charge on any atom is 0.223 e. The minimum Gasteiger partial charge on any atom is -0.349 e. The van der Waals surface area contributed by atoms with Gasteiger partial charge in [0.1, 0.15) is 5.82 Å². The zero-order chi connectivity index (χ0) is 20.2. The number of aromatic nitrogens is 2. The first kappa shape index (κ1) is 19.2. The smallest absolute Gasteiger partial charge is 0.223 e. The highest BCUT2D eigenvalue weighted by molar-refractivity contribution is 5.86. The third-order valence-electron chi connectivity index (χ3n) is 5.72. The van der Waals surface area contributed by atoms with Gasteiger partial charge in [0, 0.05) is 5.92 Å². The van der Waals surface area contributed by atoms with E-state index in [-0.39, 0.29) is 11.8 Å². The molecular formula is C25H27N3O. The SMILES string of the molecule is CCC(CC)C(=O)NCc1nc2ccccc2n1Cc1cccc2ccccc12. The average molecular weight is 386 g/mol. The number of amides is 1. The van der Waals surface area contributed by atoms with Crippen molar-refractivity contribution >= 4 is 27.7 Å². The van der Waals surface area contributed by atoms with Crippen LogP contribution >= 0.6 is 0 Å². The molecule has 0 aliphatic rings. The number of nitrogens with zero attached hydrogens (tertiary/aromatic N) is 2. The van der Waals surface area contributed by atoms with E-state index in [0.717, 1.165) is 36.2 Å². The molecule has 4 heteroatoms. The minimum absolute atomic E-state index is 0.0610. The highest BCUT2D eigenvalue weighted by Crippen LogP contribution is 2.23. The molecule has 4 aromatic rings. The van der Waals surface area contributed by atoms with Gasteiger partial charge in [0.25, 0.3) is 0 Å². The molecule has 3 aromatic carbocycles. The molecule has 0 spiro atoms. The second-order valence-corrected chi connectivity index (χ2v) is 7.47. The van der Waals surface area contributed by atoms with Crippen molar-refractivity contribution in [2.45, 2.75) is 39.8 Å². The van der Waals surface area contributed by atoms with Crippen molar-refractivity contribution in [2.75, 3.05) is 0 Å². The van der Waals surface area contributed by atoms with Crippen molar-refractivity contribution in [2.24, 2.45) is 5.92 Å². The Hall–Kier alpha value is -3.14. The number of benzene rings is 3. The predicted octanol–water partition coefficient (Wildman–Crippen LogP) is 5.29. The molecule has 148 valence electrons. The van der Waals surface area contributed by atoms with Crippen LogP contribution in [0.25, 0.3) is 21.8 Å². The summed E-state index contributed by atoms with van der Waals surface area (Å²) >= 11 is 0. The number of imidazole rings is 1. The number of hydrogen-bond acceptors (Lipinski definition) is 2. The number of fused-ring (bicyclic) bond motifs is 2. The van der Waals surface area contributed by atoms with Crippen LogP contribution in [-0.4, -0.2) is 15.5 Å². The fourth-order valence-corrected chi connectivity index (χ4v) is 4.01. The van der Waals surface area contributed by atoms with Crippen molar-refractivity contribution in [3.63, 3.8) is 0 Å². The lowest BCUT2D eigenvalue weighted by atomic mass is 10.0. The lowest BCUT2D eigenvalue weighted by molar-refractivity contribution is -0.125. The van der Waals surface area contributed by atoms with Gasteiger partial charge in [-0.3, -0.25) is 4.79 Å². The van der Waals surface area contributed by atoms with Crippen molar-refractivity contribution < 1.29 is 4.79 Å². The molecule has 1 aromatic heterocycles. The van der Waals surface area contributed by atoms with Gasteiger partial charge in [-0.05, 0) is 41.3 Å². The fourth-order valence-electron chi connectivity index (χ4n) is 4.01. The summed E-state index contributed by atoms with van der Waals surface area (Å²) in [5.74, 6) is 1.06. The van der Waals surface area contributed by atoms with Gasteiger partial charge >= 0.3 is 0 Å². The Labute approximate surface area is 171 Å². The number of carbonyl (C=O) groups excluding carboxylic acids is 1. The van der Waals surface area contributed by atoms with Crippen molar-refractivity contribution in [3.05, 3.63) is 78.1 Å². The second-order valence-electron chi connectivity index (χ2n) is 7.47. The van der Waals surface area contributed by atoms with Crippen molar-refractivity contribution in [1.29, 1.82) is 0 Å². The Morgan fingerprint density at radius 1 is 0.966 bits per heavy atom. The first-order valence-corrected chi connectivity index (χ1v) is 10.4. The normalized spacial score (nSPS) is 11.4. The Kier molecular flexibility index (Phi) is 5.61. The molecule has 0 bridgehead atoms. The van der Waals surface area contributed by atoms with Gasteiger partial charge < -0.3 is 9.88 Å². The summed E-state index contributed by atoms with van der Waals surface area (Å²) in [4.78, 5) is 17.3. The topological polar surface area (TPSA) is 46.9 Å². The molecule has 0 aliphatic heterocycles. The molecule has 0 atom stereocenters. The van der Waals surface area contributed by atoms with Gasteiger partial charge in [-0.15, -0.1) is 0 Å². The summed E-state index contributed by atoms with van der Waals surface area (Å²) in [5.41, 5.74) is 3.30. The standard InChI is InChI=1S/C25H27N3O/c1-3-18(4-2)25(29)26-16-24-27-22-14-7-8-15-23(22)28(24)17-20-12-9-11-19-10-5-6-13-21(19)20/h5-15,18H,3-4,16-17H2,1-2H3,(H,26,29). The zero-order valence-corrected chi connectivity index (χ0v) is 17.1. The van der Waals surface area contributed by atoms with E-state index >= 15 is 0 Å². The Bertz CT molecular complexity index is 1140. The average Bonchev–Trinajstić information content (AvgIpc) is 3.11. The molecule has 1 amide bonds. The van der Waals surface area contributed by atoms with Gasteiger partial charge in [0.2, 0.25) is 5.91 Å². The van der Waals surface area contributed by atoms with E-state index in [0.29, 0.717) is 6.54 Å². The molecule has 0 saturated heterocycles. The van der Waals surface area contributed by atoms with Gasteiger partial charge in [-0.25, -0.2) is 4.98 Å². The van der Waals surface area contributed by atoms with E-state index in [1.807, 2.05) is 18.2 Å². The van der Waals surface area contributed by atoms with Crippen LogP contribution in [0, 0.1) is 5.92 Å². The van der Waals surface area contributed by atoms with Gasteiger partial charge in [-0.2, -0.15) is 0 Å². The van der Waals surface area contributed by atoms with E-state index < -0.39 is 0 Å². The van der Waals surface area contributed by atoms with Crippen LogP contribution in [0.1, 0.15) is 38.1 Å². The molecule has 0 unspecified atom stereocenters. The number of hydrogen-bond donors (Lipinski definition) is 1. The van der Waals surface area contributed by atoms with E-state index in [9.17, 15) is 4.79 Å². The van der Waals surface area contributed by atoms with Crippen LogP contribution in [0.15, 0.2) is 66.7 Å². The maximum atomic E-state index is 12.5. The number of para-hydroxylation sites is 2. The summed E-state index contributed by atoms with van der Waals surface area (Å²) in [5, 5.41) is 5.59. The zero-order valence-electron chi connectivity index (χ0n) is 17.1. The summed E-state index contributed by atoms with van der Waals surface area (Å²) in [6, 6.07) is 23.0. The van der Waals surface area contributed by atoms with Crippen LogP contribution in [0.4, 0.5) is 0 Å². The lowest BCUT2D eigenvalue weighted by Gasteiger charge is -2.15. The van der Waals surface area contributed by atoms with Gasteiger partial charge in [0.15, 0.2) is 0 Å². The van der Waals surface area contributed by atoms with E-state index in [1.165, 1.54) is 16.3 Å². The molecule has 0 radical (unpaired) electrons. The van der Waals surface area contributed by atoms with Crippen molar-refractivity contribution in [3.8, 4) is 0 Å². The summed E-state index contributed by atoms with van der Waals surface area (Å²) in [6.45, 7) is 5.28. The summed E-state index contributed by atoms with van der Waals surface area (Å²) in [6.07, 6.45) is 1.71. The molecular weight excluding hydrogens is 358 g/mol. The monoisotopic (exact) mass is 385 g/mol. The summed E-state index contributed by atoms with van der Waals surface area (Å²) < 4.78 is 2.23. The Morgan fingerprint density at radius 2 is 1.69 bits per heavy atom. The van der Waals surface area contributed by atoms with Crippen LogP contribution in [0.2, 0.25) is 0 Å². The van der Waals surface area contributed by atoms with Gasteiger partial charge in [-0.1, -0.05) is 68.4 Å². The molecule has 29 heavy (non-hydrogen) atoms.